The maximum Gasteiger partial charge on any atom is 0.262 e. The predicted molar refractivity (Wildman–Crippen MR) is 106 cm³/mol. The Morgan fingerprint density at radius 2 is 1.77 bits per heavy atom. The van der Waals surface area contributed by atoms with E-state index in [2.05, 4.69) is 21.9 Å². The summed E-state index contributed by atoms with van der Waals surface area (Å²) in [5, 5.41) is 9.49. The van der Waals surface area contributed by atoms with Crippen LogP contribution >= 0.6 is 0 Å². The molecule has 1 atom stereocenters. The van der Waals surface area contributed by atoms with Gasteiger partial charge in [-0.05, 0) is 53.6 Å². The lowest BCUT2D eigenvalue weighted by Gasteiger charge is -2.13. The van der Waals surface area contributed by atoms with Gasteiger partial charge in [-0.3, -0.25) is 4.79 Å². The predicted octanol–water partition coefficient (Wildman–Crippen LogP) is 3.80. The molecule has 1 unspecified atom stereocenters. The first kappa shape index (κ1) is 17.5. The van der Waals surface area contributed by atoms with E-state index >= 15 is 0 Å². The average Bonchev–Trinajstić information content (AvgIpc) is 2.68. The smallest absolute Gasteiger partial charge is 0.262 e. The highest BCUT2D eigenvalue weighted by Crippen LogP contribution is 2.16. The lowest BCUT2D eigenvalue weighted by molar-refractivity contribution is -0.121. The molecule has 1 amide bonds. The van der Waals surface area contributed by atoms with E-state index in [1.54, 1.807) is 20.2 Å². The Hall–Kier alpha value is -3.34. The van der Waals surface area contributed by atoms with E-state index in [9.17, 15) is 4.79 Å². The van der Waals surface area contributed by atoms with E-state index in [1.165, 1.54) is 5.39 Å². The molecule has 0 radical (unpaired) electrons. The summed E-state index contributed by atoms with van der Waals surface area (Å²) < 4.78 is 5.12. The van der Waals surface area contributed by atoms with Crippen LogP contribution in [0.15, 0.2) is 71.8 Å². The lowest BCUT2D eigenvalue weighted by atomic mass is 10.1. The van der Waals surface area contributed by atoms with E-state index < -0.39 is 6.04 Å². The first-order valence-corrected chi connectivity index (χ1v) is 8.38. The fourth-order valence-electron chi connectivity index (χ4n) is 2.56. The van der Waals surface area contributed by atoms with Gasteiger partial charge in [0.05, 0.1) is 13.3 Å². The first-order valence-electron chi connectivity index (χ1n) is 8.38. The Morgan fingerprint density at radius 3 is 2.50 bits per heavy atom. The highest BCUT2D eigenvalue weighted by atomic mass is 16.5. The van der Waals surface area contributed by atoms with Gasteiger partial charge in [0.25, 0.3) is 5.91 Å². The molecule has 26 heavy (non-hydrogen) atoms. The summed E-state index contributed by atoms with van der Waals surface area (Å²) in [5.74, 6) is 0.561. The van der Waals surface area contributed by atoms with Crippen molar-refractivity contribution in [2.45, 2.75) is 13.0 Å². The van der Waals surface area contributed by atoms with Crippen LogP contribution in [0.25, 0.3) is 10.8 Å². The van der Waals surface area contributed by atoms with E-state index in [-0.39, 0.29) is 5.91 Å². The molecule has 0 aliphatic carbocycles. The number of benzene rings is 3. The molecule has 0 aromatic heterocycles. The Kier molecular flexibility index (Phi) is 5.49. The highest BCUT2D eigenvalue weighted by Gasteiger charge is 2.11. The lowest BCUT2D eigenvalue weighted by Crippen LogP contribution is -2.34. The number of fused-ring (bicyclic) bond motifs is 1. The molecule has 5 heteroatoms. The minimum atomic E-state index is -0.419. The van der Waals surface area contributed by atoms with Gasteiger partial charge >= 0.3 is 0 Å². The molecule has 0 saturated carbocycles. The van der Waals surface area contributed by atoms with Crippen LogP contribution in [0.2, 0.25) is 0 Å². The fourth-order valence-corrected chi connectivity index (χ4v) is 2.56. The molecule has 0 aliphatic heterocycles. The van der Waals surface area contributed by atoms with Crippen molar-refractivity contribution < 1.29 is 9.53 Å². The molecule has 0 spiro atoms. The van der Waals surface area contributed by atoms with Crippen molar-refractivity contribution in [3.05, 3.63) is 72.3 Å². The van der Waals surface area contributed by atoms with Crippen molar-refractivity contribution in [1.29, 1.82) is 0 Å². The van der Waals surface area contributed by atoms with Crippen LogP contribution in [0, 0.1) is 0 Å². The standard InChI is InChI=1S/C21H21N3O2/c1-15(23-19-9-11-20(26-2)12-10-19)21(25)24-22-14-16-7-8-17-5-3-4-6-18(17)13-16/h3-15,23H,1-2H3,(H,24,25)/b22-14+. The van der Waals surface area contributed by atoms with E-state index in [0.717, 1.165) is 22.4 Å². The monoisotopic (exact) mass is 347 g/mol. The normalized spacial score (nSPS) is 12.1. The average molecular weight is 347 g/mol. The van der Waals surface area contributed by atoms with Gasteiger partial charge in [0, 0.05) is 5.69 Å². The Labute approximate surface area is 152 Å². The summed E-state index contributed by atoms with van der Waals surface area (Å²) in [6.07, 6.45) is 1.64. The number of nitrogens with zero attached hydrogens (tertiary/aromatic N) is 1. The van der Waals surface area contributed by atoms with Crippen molar-refractivity contribution in [2.75, 3.05) is 12.4 Å². The van der Waals surface area contributed by atoms with Crippen LogP contribution in [-0.4, -0.2) is 25.3 Å². The minimum Gasteiger partial charge on any atom is -0.497 e. The SMILES string of the molecule is COc1ccc(NC(C)C(=O)N/N=C/c2ccc3ccccc3c2)cc1. The molecule has 0 bridgehead atoms. The van der Waals surface area contributed by atoms with Crippen LogP contribution in [0.1, 0.15) is 12.5 Å². The summed E-state index contributed by atoms with van der Waals surface area (Å²) in [4.78, 5) is 12.2. The zero-order valence-corrected chi connectivity index (χ0v) is 14.8. The van der Waals surface area contributed by atoms with Crippen molar-refractivity contribution >= 4 is 28.6 Å². The molecule has 0 heterocycles. The number of hydrogen-bond donors (Lipinski definition) is 2. The van der Waals surface area contributed by atoms with Gasteiger partial charge < -0.3 is 10.1 Å². The maximum absolute atomic E-state index is 12.2. The molecule has 0 saturated heterocycles. The molecule has 0 aliphatic rings. The third kappa shape index (κ3) is 4.39. The highest BCUT2D eigenvalue weighted by molar-refractivity contribution is 5.91. The molecular weight excluding hydrogens is 326 g/mol. The zero-order valence-electron chi connectivity index (χ0n) is 14.8. The number of carbonyl (C=O) groups excluding carboxylic acids is 1. The van der Waals surface area contributed by atoms with Crippen LogP contribution in [0.4, 0.5) is 5.69 Å². The number of hydrazone groups is 1. The van der Waals surface area contributed by atoms with Crippen LogP contribution in [0.5, 0.6) is 5.75 Å². The van der Waals surface area contributed by atoms with Gasteiger partial charge in [0.2, 0.25) is 0 Å². The number of carbonyl (C=O) groups is 1. The minimum absolute atomic E-state index is 0.210. The van der Waals surface area contributed by atoms with Gasteiger partial charge in [0.15, 0.2) is 0 Å². The molecule has 2 N–H and O–H groups in total. The number of amides is 1. The Bertz CT molecular complexity index is 920. The molecule has 3 rings (SSSR count). The van der Waals surface area contributed by atoms with Gasteiger partial charge in [-0.25, -0.2) is 5.43 Å². The summed E-state index contributed by atoms with van der Waals surface area (Å²) in [6, 6.07) is 21.1. The zero-order chi connectivity index (χ0) is 18.4. The van der Waals surface area contributed by atoms with Crippen LogP contribution < -0.4 is 15.5 Å². The van der Waals surface area contributed by atoms with Crippen molar-refractivity contribution in [3.8, 4) is 5.75 Å². The molecule has 5 nitrogen and oxygen atoms in total. The number of ether oxygens (including phenoxy) is 1. The second kappa shape index (κ2) is 8.16. The van der Waals surface area contributed by atoms with Gasteiger partial charge in [-0.2, -0.15) is 5.10 Å². The number of anilines is 1. The van der Waals surface area contributed by atoms with Gasteiger partial charge in [-0.1, -0.05) is 36.4 Å². The topological polar surface area (TPSA) is 62.7 Å². The largest absolute Gasteiger partial charge is 0.497 e. The first-order chi connectivity index (χ1) is 12.7. The third-order valence-corrected chi connectivity index (χ3v) is 4.03. The maximum atomic E-state index is 12.2. The summed E-state index contributed by atoms with van der Waals surface area (Å²) in [7, 11) is 1.62. The molecule has 3 aromatic rings. The van der Waals surface area contributed by atoms with E-state index in [1.807, 2.05) is 60.7 Å². The number of nitrogens with one attached hydrogen (secondary N) is 2. The van der Waals surface area contributed by atoms with Crippen molar-refractivity contribution in [1.82, 2.24) is 5.43 Å². The summed E-state index contributed by atoms with van der Waals surface area (Å²) >= 11 is 0. The second-order valence-corrected chi connectivity index (χ2v) is 5.94. The molecule has 0 fully saturated rings. The Balaban J connectivity index is 1.56. The van der Waals surface area contributed by atoms with Crippen LogP contribution in [-0.2, 0) is 4.79 Å². The summed E-state index contributed by atoms with van der Waals surface area (Å²) in [6.45, 7) is 1.78. The fraction of sp³-hybridized carbons (Fsp3) is 0.143. The molecule has 132 valence electrons. The third-order valence-electron chi connectivity index (χ3n) is 4.03. The van der Waals surface area contributed by atoms with Crippen LogP contribution in [0.3, 0.4) is 0 Å². The Morgan fingerprint density at radius 1 is 1.04 bits per heavy atom. The quantitative estimate of drug-likeness (QED) is 0.527. The van der Waals surface area contributed by atoms with Gasteiger partial charge in [0.1, 0.15) is 11.8 Å². The number of hydrogen-bond acceptors (Lipinski definition) is 4. The number of methoxy groups -OCH3 is 1. The van der Waals surface area contributed by atoms with Gasteiger partial charge in [-0.15, -0.1) is 0 Å². The molecular formula is C21H21N3O2. The summed E-state index contributed by atoms with van der Waals surface area (Å²) in [5.41, 5.74) is 4.34. The van der Waals surface area contributed by atoms with E-state index in [0.29, 0.717) is 0 Å². The second-order valence-electron chi connectivity index (χ2n) is 5.94. The molecule has 3 aromatic carbocycles. The van der Waals surface area contributed by atoms with E-state index in [4.69, 9.17) is 4.74 Å². The number of rotatable bonds is 6. The van der Waals surface area contributed by atoms with Crippen molar-refractivity contribution in [3.63, 3.8) is 0 Å². The van der Waals surface area contributed by atoms with Crippen molar-refractivity contribution in [2.24, 2.45) is 5.10 Å².